The van der Waals surface area contributed by atoms with Gasteiger partial charge in [-0.1, -0.05) is 0 Å². The van der Waals surface area contributed by atoms with E-state index in [0.717, 1.165) is 5.56 Å². The smallest absolute Gasteiger partial charge is 0.145 e. The van der Waals surface area contributed by atoms with Crippen molar-refractivity contribution < 1.29 is 9.84 Å². The maximum absolute atomic E-state index is 8.83. The van der Waals surface area contributed by atoms with Crippen LogP contribution in [0, 0.1) is 6.92 Å². The van der Waals surface area contributed by atoms with Crippen molar-refractivity contribution in [2.75, 3.05) is 7.11 Å². The number of hydrogen-bond donors (Lipinski definition) is 1. The van der Waals surface area contributed by atoms with Crippen molar-refractivity contribution in [3.8, 4) is 5.75 Å². The summed E-state index contributed by atoms with van der Waals surface area (Å²) in [6.45, 7) is 1.84. The Hall–Kier alpha value is -1.09. The molecule has 0 bridgehead atoms. The highest BCUT2D eigenvalue weighted by Crippen LogP contribution is 2.19. The third kappa shape index (κ3) is 1.49. The fraction of sp³-hybridized carbons (Fsp3) is 0.375. The Morgan fingerprint density at radius 3 is 2.82 bits per heavy atom. The summed E-state index contributed by atoms with van der Waals surface area (Å²) in [4.78, 5) is 3.95. The summed E-state index contributed by atoms with van der Waals surface area (Å²) < 4.78 is 5.04. The third-order valence-electron chi connectivity index (χ3n) is 1.53. The van der Waals surface area contributed by atoms with Crippen molar-refractivity contribution in [1.82, 2.24) is 4.98 Å². The van der Waals surface area contributed by atoms with Crippen LogP contribution in [0.5, 0.6) is 5.75 Å². The molecule has 3 heteroatoms. The molecule has 0 unspecified atom stereocenters. The topological polar surface area (TPSA) is 42.4 Å². The number of aromatic nitrogens is 1. The van der Waals surface area contributed by atoms with Gasteiger partial charge in [0, 0.05) is 6.20 Å². The molecule has 11 heavy (non-hydrogen) atoms. The van der Waals surface area contributed by atoms with Gasteiger partial charge in [0.2, 0.25) is 0 Å². The van der Waals surface area contributed by atoms with Crippen molar-refractivity contribution in [2.24, 2.45) is 0 Å². The van der Waals surface area contributed by atoms with Gasteiger partial charge < -0.3 is 9.84 Å². The average Bonchev–Trinajstić information content (AvgIpc) is 2.04. The molecule has 0 aliphatic rings. The van der Waals surface area contributed by atoms with Gasteiger partial charge in [0.05, 0.1) is 13.7 Å². The highest BCUT2D eigenvalue weighted by molar-refractivity contribution is 5.35. The van der Waals surface area contributed by atoms with Gasteiger partial charge in [-0.25, -0.2) is 0 Å². The molecule has 0 radical (unpaired) electrons. The second-order valence-corrected chi connectivity index (χ2v) is 2.27. The molecule has 1 rings (SSSR count). The minimum absolute atomic E-state index is 0.0785. The van der Waals surface area contributed by atoms with E-state index in [1.54, 1.807) is 13.3 Å². The first kappa shape index (κ1) is 8.01. The summed E-state index contributed by atoms with van der Waals surface area (Å²) in [6.07, 6.45) is 1.66. The van der Waals surface area contributed by atoms with Gasteiger partial charge in [-0.05, 0) is 18.6 Å². The van der Waals surface area contributed by atoms with Crippen molar-refractivity contribution >= 4 is 0 Å². The number of aliphatic hydroxyl groups is 1. The van der Waals surface area contributed by atoms with Crippen molar-refractivity contribution in [1.29, 1.82) is 0 Å². The standard InChI is InChI=1S/C8H11NO2/c1-6-3-4-9-7(5-10)8(6)11-2/h3-4,10H,5H2,1-2H3. The molecule has 1 heterocycles. The Morgan fingerprint density at radius 1 is 1.64 bits per heavy atom. The van der Waals surface area contributed by atoms with E-state index in [1.165, 1.54) is 0 Å². The Balaban J connectivity index is 3.13. The highest BCUT2D eigenvalue weighted by Gasteiger charge is 2.04. The van der Waals surface area contributed by atoms with Gasteiger partial charge >= 0.3 is 0 Å². The fourth-order valence-electron chi connectivity index (χ4n) is 0.992. The Kier molecular flexibility index (Phi) is 2.44. The molecule has 0 aliphatic carbocycles. The van der Waals surface area contributed by atoms with Gasteiger partial charge in [0.1, 0.15) is 11.4 Å². The number of aryl methyl sites for hydroxylation is 1. The number of methoxy groups -OCH3 is 1. The lowest BCUT2D eigenvalue weighted by atomic mass is 10.2. The lowest BCUT2D eigenvalue weighted by molar-refractivity contribution is 0.267. The highest BCUT2D eigenvalue weighted by atomic mass is 16.5. The Labute approximate surface area is 65.7 Å². The van der Waals surface area contributed by atoms with Crippen LogP contribution in [0.15, 0.2) is 12.3 Å². The first-order valence-electron chi connectivity index (χ1n) is 3.39. The monoisotopic (exact) mass is 153 g/mol. The summed E-state index contributed by atoms with van der Waals surface area (Å²) >= 11 is 0. The van der Waals surface area contributed by atoms with E-state index in [4.69, 9.17) is 9.84 Å². The van der Waals surface area contributed by atoms with Crippen molar-refractivity contribution in [2.45, 2.75) is 13.5 Å². The zero-order valence-electron chi connectivity index (χ0n) is 6.66. The van der Waals surface area contributed by atoms with Crippen LogP contribution in [-0.4, -0.2) is 17.2 Å². The molecule has 3 nitrogen and oxygen atoms in total. The third-order valence-corrected chi connectivity index (χ3v) is 1.53. The molecular formula is C8H11NO2. The molecule has 0 aliphatic heterocycles. The second-order valence-electron chi connectivity index (χ2n) is 2.27. The molecule has 1 aromatic rings. The van der Waals surface area contributed by atoms with Crippen LogP contribution in [-0.2, 0) is 6.61 Å². The van der Waals surface area contributed by atoms with E-state index < -0.39 is 0 Å². The van der Waals surface area contributed by atoms with Crippen LogP contribution in [0.1, 0.15) is 11.3 Å². The van der Waals surface area contributed by atoms with Crippen molar-refractivity contribution in [3.63, 3.8) is 0 Å². The van der Waals surface area contributed by atoms with Gasteiger partial charge in [-0.3, -0.25) is 4.98 Å². The molecule has 0 fully saturated rings. The minimum atomic E-state index is -0.0785. The van der Waals surface area contributed by atoms with Gasteiger partial charge in [0.25, 0.3) is 0 Å². The van der Waals surface area contributed by atoms with Crippen molar-refractivity contribution in [3.05, 3.63) is 23.5 Å². The lowest BCUT2D eigenvalue weighted by Crippen LogP contribution is -1.96. The summed E-state index contributed by atoms with van der Waals surface area (Å²) in [7, 11) is 1.57. The predicted molar refractivity (Wildman–Crippen MR) is 41.4 cm³/mol. The zero-order chi connectivity index (χ0) is 8.27. The van der Waals surface area contributed by atoms with Gasteiger partial charge in [-0.2, -0.15) is 0 Å². The molecule has 0 aromatic carbocycles. The minimum Gasteiger partial charge on any atom is -0.494 e. The van der Waals surface area contributed by atoms with Gasteiger partial charge in [0.15, 0.2) is 0 Å². The van der Waals surface area contributed by atoms with E-state index in [1.807, 2.05) is 13.0 Å². The molecule has 1 aromatic heterocycles. The Morgan fingerprint density at radius 2 is 2.36 bits per heavy atom. The van der Waals surface area contributed by atoms with Crippen LogP contribution in [0.2, 0.25) is 0 Å². The number of hydrogen-bond acceptors (Lipinski definition) is 3. The van der Waals surface area contributed by atoms with Crippen LogP contribution in [0.3, 0.4) is 0 Å². The molecular weight excluding hydrogens is 142 g/mol. The molecule has 0 saturated heterocycles. The number of rotatable bonds is 2. The molecule has 0 saturated carbocycles. The van der Waals surface area contributed by atoms with E-state index in [0.29, 0.717) is 11.4 Å². The SMILES string of the molecule is COc1c(C)ccnc1CO. The first-order chi connectivity index (χ1) is 5.29. The fourth-order valence-corrected chi connectivity index (χ4v) is 0.992. The quantitative estimate of drug-likeness (QED) is 0.686. The number of aliphatic hydroxyl groups excluding tert-OH is 1. The predicted octanol–water partition coefficient (Wildman–Crippen LogP) is 0.891. The first-order valence-corrected chi connectivity index (χ1v) is 3.39. The average molecular weight is 153 g/mol. The lowest BCUT2D eigenvalue weighted by Gasteiger charge is -2.06. The van der Waals surface area contributed by atoms with E-state index in [2.05, 4.69) is 4.98 Å². The maximum atomic E-state index is 8.83. The number of nitrogens with zero attached hydrogens (tertiary/aromatic N) is 1. The van der Waals surface area contributed by atoms with E-state index in [-0.39, 0.29) is 6.61 Å². The molecule has 0 atom stereocenters. The molecule has 60 valence electrons. The Bertz CT molecular complexity index is 248. The second kappa shape index (κ2) is 3.34. The number of pyridine rings is 1. The summed E-state index contributed by atoms with van der Waals surface area (Å²) in [5.41, 5.74) is 1.58. The van der Waals surface area contributed by atoms with E-state index >= 15 is 0 Å². The number of ether oxygens (including phenoxy) is 1. The van der Waals surface area contributed by atoms with Crippen LogP contribution in [0.4, 0.5) is 0 Å². The molecule has 0 spiro atoms. The summed E-state index contributed by atoms with van der Waals surface area (Å²) in [5, 5.41) is 8.83. The molecule has 1 N–H and O–H groups in total. The van der Waals surface area contributed by atoms with E-state index in [9.17, 15) is 0 Å². The molecule has 0 amide bonds. The zero-order valence-corrected chi connectivity index (χ0v) is 6.66. The normalized spacial score (nSPS) is 9.73. The largest absolute Gasteiger partial charge is 0.494 e. The van der Waals surface area contributed by atoms with Crippen LogP contribution < -0.4 is 4.74 Å². The van der Waals surface area contributed by atoms with Crippen LogP contribution in [0.25, 0.3) is 0 Å². The summed E-state index contributed by atoms with van der Waals surface area (Å²) in [6, 6.07) is 1.85. The summed E-state index contributed by atoms with van der Waals surface area (Å²) in [5.74, 6) is 0.676. The van der Waals surface area contributed by atoms with Gasteiger partial charge in [-0.15, -0.1) is 0 Å². The van der Waals surface area contributed by atoms with Crippen LogP contribution >= 0.6 is 0 Å². The maximum Gasteiger partial charge on any atom is 0.145 e.